The lowest BCUT2D eigenvalue weighted by atomic mass is 10.1. The molecular formula is C19H19N5O4S. The SMILES string of the molecule is O=C(CNC(=O)[C@@H]1CCCN1C1=NS(=O)(=O)c2ccccc21)Nc1cccnc1. The number of benzene rings is 1. The quantitative estimate of drug-likeness (QED) is 0.763. The summed E-state index contributed by atoms with van der Waals surface area (Å²) < 4.78 is 28.5. The van der Waals surface area contributed by atoms with Crippen molar-refractivity contribution in [2.24, 2.45) is 4.40 Å². The Hall–Kier alpha value is -3.27. The number of carbonyl (C=O) groups is 2. The largest absolute Gasteiger partial charge is 0.345 e. The second-order valence-electron chi connectivity index (χ2n) is 6.75. The lowest BCUT2D eigenvalue weighted by molar-refractivity contribution is -0.126. The van der Waals surface area contributed by atoms with Crippen LogP contribution >= 0.6 is 0 Å². The predicted octanol–water partition coefficient (Wildman–Crippen LogP) is 0.750. The van der Waals surface area contributed by atoms with E-state index in [1.54, 1.807) is 41.4 Å². The number of carbonyl (C=O) groups excluding carboxylic acids is 2. The summed E-state index contributed by atoms with van der Waals surface area (Å²) in [6.45, 7) is 0.322. The van der Waals surface area contributed by atoms with Gasteiger partial charge in [0.15, 0.2) is 5.84 Å². The van der Waals surface area contributed by atoms with E-state index in [1.165, 1.54) is 12.3 Å². The summed E-state index contributed by atoms with van der Waals surface area (Å²) >= 11 is 0. The van der Waals surface area contributed by atoms with Gasteiger partial charge in [-0.1, -0.05) is 12.1 Å². The first kappa shape index (κ1) is 19.1. The number of nitrogens with one attached hydrogen (secondary N) is 2. The molecule has 9 nitrogen and oxygen atoms in total. The molecule has 0 bridgehead atoms. The Labute approximate surface area is 167 Å². The summed E-state index contributed by atoms with van der Waals surface area (Å²) in [5.74, 6) is -0.423. The van der Waals surface area contributed by atoms with Gasteiger partial charge >= 0.3 is 0 Å². The predicted molar refractivity (Wildman–Crippen MR) is 106 cm³/mol. The number of likely N-dealkylation sites (tertiary alicyclic amines) is 1. The van der Waals surface area contributed by atoms with Crippen LogP contribution in [0.2, 0.25) is 0 Å². The molecule has 2 aliphatic rings. The molecule has 10 heteroatoms. The maximum atomic E-state index is 12.7. The summed E-state index contributed by atoms with van der Waals surface area (Å²) in [5.41, 5.74) is 1.04. The van der Waals surface area contributed by atoms with Crippen molar-refractivity contribution in [1.29, 1.82) is 0 Å². The fourth-order valence-corrected chi connectivity index (χ4v) is 4.73. The number of anilines is 1. The van der Waals surface area contributed by atoms with Crippen molar-refractivity contribution in [2.75, 3.05) is 18.4 Å². The molecule has 150 valence electrons. The highest BCUT2D eigenvalue weighted by Gasteiger charge is 2.39. The molecule has 2 aliphatic heterocycles. The van der Waals surface area contributed by atoms with Crippen LogP contribution in [0.4, 0.5) is 5.69 Å². The van der Waals surface area contributed by atoms with Crippen molar-refractivity contribution >= 4 is 33.4 Å². The van der Waals surface area contributed by atoms with E-state index in [2.05, 4.69) is 20.0 Å². The first-order chi connectivity index (χ1) is 14.0. The molecule has 1 aromatic carbocycles. The van der Waals surface area contributed by atoms with Crippen LogP contribution in [0.15, 0.2) is 58.1 Å². The average molecular weight is 413 g/mol. The fraction of sp³-hybridized carbons (Fsp3) is 0.263. The molecule has 3 heterocycles. The van der Waals surface area contributed by atoms with Crippen molar-refractivity contribution in [3.63, 3.8) is 0 Å². The minimum atomic E-state index is -3.76. The Balaban J connectivity index is 1.44. The van der Waals surface area contributed by atoms with E-state index in [0.29, 0.717) is 24.2 Å². The Morgan fingerprint density at radius 3 is 2.79 bits per heavy atom. The highest BCUT2D eigenvalue weighted by atomic mass is 32.2. The maximum absolute atomic E-state index is 12.7. The standard InChI is InChI=1S/C19H19N5O4S/c25-17(22-13-5-3-9-20-11-13)12-21-19(26)15-7-4-10-24(15)18-14-6-1-2-8-16(14)29(27,28)23-18/h1-3,5-6,8-9,11,15H,4,7,10,12H2,(H,21,26)(H,22,25)/t15-/m0/s1. The van der Waals surface area contributed by atoms with Gasteiger partial charge in [-0.15, -0.1) is 4.40 Å². The van der Waals surface area contributed by atoms with E-state index >= 15 is 0 Å². The van der Waals surface area contributed by atoms with Crippen LogP contribution in [0.5, 0.6) is 0 Å². The number of hydrogen-bond donors (Lipinski definition) is 2. The molecule has 4 rings (SSSR count). The number of sulfonamides is 1. The smallest absolute Gasteiger partial charge is 0.285 e. The van der Waals surface area contributed by atoms with Gasteiger partial charge < -0.3 is 15.5 Å². The van der Waals surface area contributed by atoms with E-state index in [1.807, 2.05) is 0 Å². The van der Waals surface area contributed by atoms with Gasteiger partial charge in [0, 0.05) is 18.3 Å². The first-order valence-electron chi connectivity index (χ1n) is 9.14. The third-order valence-electron chi connectivity index (χ3n) is 4.81. The van der Waals surface area contributed by atoms with Crippen LogP contribution in [-0.2, 0) is 19.6 Å². The van der Waals surface area contributed by atoms with Crippen LogP contribution in [0.1, 0.15) is 18.4 Å². The third-order valence-corrected chi connectivity index (χ3v) is 6.13. The van der Waals surface area contributed by atoms with E-state index in [0.717, 1.165) is 6.42 Å². The van der Waals surface area contributed by atoms with E-state index < -0.39 is 16.1 Å². The number of amides is 2. The molecule has 0 radical (unpaired) electrons. The second-order valence-corrected chi connectivity index (χ2v) is 8.32. The van der Waals surface area contributed by atoms with Gasteiger partial charge in [-0.25, -0.2) is 0 Å². The molecule has 2 aromatic rings. The minimum absolute atomic E-state index is 0.150. The van der Waals surface area contributed by atoms with Crippen molar-refractivity contribution in [1.82, 2.24) is 15.2 Å². The topological polar surface area (TPSA) is 121 Å². The Kier molecular flexibility index (Phi) is 5.01. The molecule has 0 saturated carbocycles. The number of nitrogens with zero attached hydrogens (tertiary/aromatic N) is 3. The van der Waals surface area contributed by atoms with Gasteiger partial charge in [-0.3, -0.25) is 14.6 Å². The molecule has 1 atom stereocenters. The van der Waals surface area contributed by atoms with E-state index in [4.69, 9.17) is 0 Å². The summed E-state index contributed by atoms with van der Waals surface area (Å²) in [6, 6.07) is 9.39. The van der Waals surface area contributed by atoms with Crippen LogP contribution in [0.25, 0.3) is 0 Å². The molecule has 1 fully saturated rings. The Morgan fingerprint density at radius 2 is 2.00 bits per heavy atom. The molecule has 1 aromatic heterocycles. The highest BCUT2D eigenvalue weighted by Crippen LogP contribution is 2.31. The molecule has 29 heavy (non-hydrogen) atoms. The zero-order chi connectivity index (χ0) is 20.4. The molecule has 0 unspecified atom stereocenters. The summed E-state index contributed by atoms with van der Waals surface area (Å²) in [6.07, 6.45) is 4.38. The van der Waals surface area contributed by atoms with Crippen LogP contribution in [-0.4, -0.2) is 55.1 Å². The molecule has 1 saturated heterocycles. The van der Waals surface area contributed by atoms with Gasteiger partial charge in [0.25, 0.3) is 10.0 Å². The van der Waals surface area contributed by atoms with Gasteiger partial charge in [0.2, 0.25) is 11.8 Å². The average Bonchev–Trinajstić information content (AvgIpc) is 3.30. The summed E-state index contributed by atoms with van der Waals surface area (Å²) in [4.78, 5) is 30.5. The lowest BCUT2D eigenvalue weighted by Crippen LogP contribution is -2.47. The third kappa shape index (κ3) is 3.83. The normalized spacial score (nSPS) is 19.4. The number of rotatable bonds is 4. The first-order valence-corrected chi connectivity index (χ1v) is 10.6. The van der Waals surface area contributed by atoms with Crippen LogP contribution in [0, 0.1) is 0 Å². The molecular weight excluding hydrogens is 394 g/mol. The molecule has 0 aliphatic carbocycles. The number of amidine groups is 1. The fourth-order valence-electron chi connectivity index (χ4n) is 3.52. The van der Waals surface area contributed by atoms with Crippen molar-refractivity contribution in [2.45, 2.75) is 23.8 Å². The molecule has 0 spiro atoms. The Morgan fingerprint density at radius 1 is 1.17 bits per heavy atom. The van der Waals surface area contributed by atoms with Gasteiger partial charge in [0.1, 0.15) is 10.9 Å². The number of hydrogen-bond acceptors (Lipinski definition) is 6. The lowest BCUT2D eigenvalue weighted by Gasteiger charge is -2.25. The van der Waals surface area contributed by atoms with E-state index in [-0.39, 0.29) is 29.1 Å². The van der Waals surface area contributed by atoms with Crippen LogP contribution < -0.4 is 10.6 Å². The molecule has 2 N–H and O–H groups in total. The summed E-state index contributed by atoms with van der Waals surface area (Å²) in [5, 5.41) is 5.27. The zero-order valence-corrected chi connectivity index (χ0v) is 16.2. The number of fused-ring (bicyclic) bond motifs is 1. The second kappa shape index (κ2) is 7.63. The van der Waals surface area contributed by atoms with E-state index in [9.17, 15) is 18.0 Å². The minimum Gasteiger partial charge on any atom is -0.345 e. The molecule has 2 amide bonds. The zero-order valence-electron chi connectivity index (χ0n) is 15.4. The maximum Gasteiger partial charge on any atom is 0.285 e. The van der Waals surface area contributed by atoms with Gasteiger partial charge in [-0.05, 0) is 37.1 Å². The number of aromatic nitrogens is 1. The van der Waals surface area contributed by atoms with Gasteiger partial charge in [-0.2, -0.15) is 8.42 Å². The van der Waals surface area contributed by atoms with Crippen molar-refractivity contribution < 1.29 is 18.0 Å². The van der Waals surface area contributed by atoms with Crippen molar-refractivity contribution in [3.8, 4) is 0 Å². The number of pyridine rings is 1. The summed E-state index contributed by atoms with van der Waals surface area (Å²) in [7, 11) is -3.76. The van der Waals surface area contributed by atoms with Crippen LogP contribution in [0.3, 0.4) is 0 Å². The monoisotopic (exact) mass is 413 g/mol. The Bertz CT molecular complexity index is 1080. The van der Waals surface area contributed by atoms with Gasteiger partial charge in [0.05, 0.1) is 18.4 Å². The van der Waals surface area contributed by atoms with Crippen molar-refractivity contribution in [3.05, 3.63) is 54.4 Å². The highest BCUT2D eigenvalue weighted by molar-refractivity contribution is 7.90.